The Labute approximate surface area is 292 Å². The second kappa shape index (κ2) is 17.0. The van der Waals surface area contributed by atoms with Crippen LogP contribution >= 0.6 is 0 Å². The van der Waals surface area contributed by atoms with E-state index in [0.717, 1.165) is 51.4 Å². The van der Waals surface area contributed by atoms with Gasteiger partial charge in [-0.15, -0.1) is 0 Å². The SMILES string of the molecule is CCC[C@@H](C/C=C/C[C@@H]1CCC[C@H]2[C@@H]1C[C@H](O[Si](c1ccccc1)(c1ccccc1)C(C)(C)C)[C@H](C)N2C(=O)OC(C)(C)C)OCOC. The molecule has 1 amide bonds. The van der Waals surface area contributed by atoms with E-state index >= 15 is 0 Å². The molecule has 1 aliphatic heterocycles. The zero-order valence-electron chi connectivity index (χ0n) is 31.2. The largest absolute Gasteiger partial charge is 0.444 e. The Kier molecular flexibility index (Phi) is 13.6. The first-order valence-electron chi connectivity index (χ1n) is 18.4. The van der Waals surface area contributed by atoms with Crippen LogP contribution in [0.2, 0.25) is 5.04 Å². The second-order valence-corrected chi connectivity index (χ2v) is 20.3. The molecule has 0 N–H and O–H groups in total. The van der Waals surface area contributed by atoms with E-state index in [9.17, 15) is 4.79 Å². The summed E-state index contributed by atoms with van der Waals surface area (Å²) < 4.78 is 25.0. The number of benzene rings is 2. The van der Waals surface area contributed by atoms with Crippen LogP contribution in [0.3, 0.4) is 0 Å². The maximum absolute atomic E-state index is 14.1. The van der Waals surface area contributed by atoms with Gasteiger partial charge in [0.1, 0.15) is 12.4 Å². The number of allylic oxidation sites excluding steroid dienone is 1. The van der Waals surface area contributed by atoms with Crippen LogP contribution in [0.1, 0.15) is 107 Å². The number of carbonyl (C=O) groups is 1. The van der Waals surface area contributed by atoms with E-state index < -0.39 is 13.9 Å². The maximum atomic E-state index is 14.1. The average molecular weight is 678 g/mol. The predicted molar refractivity (Wildman–Crippen MR) is 199 cm³/mol. The Bertz CT molecular complexity index is 1250. The molecule has 2 aromatic carbocycles. The summed E-state index contributed by atoms with van der Waals surface area (Å²) in [6.45, 7) is 17.6. The van der Waals surface area contributed by atoms with E-state index in [1.54, 1.807) is 7.11 Å². The summed E-state index contributed by atoms with van der Waals surface area (Å²) in [5, 5.41) is 2.38. The predicted octanol–water partition coefficient (Wildman–Crippen LogP) is 8.87. The molecule has 266 valence electrons. The van der Waals surface area contributed by atoms with Crippen LogP contribution < -0.4 is 10.4 Å². The van der Waals surface area contributed by atoms with Gasteiger partial charge < -0.3 is 18.6 Å². The molecule has 0 unspecified atom stereocenters. The van der Waals surface area contributed by atoms with E-state index in [0.29, 0.717) is 18.6 Å². The maximum Gasteiger partial charge on any atom is 0.410 e. The van der Waals surface area contributed by atoms with Gasteiger partial charge in [0.15, 0.2) is 0 Å². The van der Waals surface area contributed by atoms with Crippen LogP contribution in [0.4, 0.5) is 4.79 Å². The number of hydrogen-bond acceptors (Lipinski definition) is 5. The summed E-state index contributed by atoms with van der Waals surface area (Å²) >= 11 is 0. The van der Waals surface area contributed by atoms with Crippen LogP contribution in [0.15, 0.2) is 72.8 Å². The minimum Gasteiger partial charge on any atom is -0.444 e. The van der Waals surface area contributed by atoms with Gasteiger partial charge in [-0.2, -0.15) is 0 Å². The number of fused-ring (bicyclic) bond motifs is 1. The van der Waals surface area contributed by atoms with Crippen molar-refractivity contribution in [2.75, 3.05) is 13.9 Å². The van der Waals surface area contributed by atoms with E-state index in [4.69, 9.17) is 18.6 Å². The zero-order valence-corrected chi connectivity index (χ0v) is 32.2. The van der Waals surface area contributed by atoms with Gasteiger partial charge in [0, 0.05) is 13.2 Å². The van der Waals surface area contributed by atoms with Crippen molar-refractivity contribution in [1.82, 2.24) is 4.90 Å². The number of nitrogens with zero attached hydrogens (tertiary/aromatic N) is 1. The van der Waals surface area contributed by atoms with Gasteiger partial charge in [0.25, 0.3) is 8.32 Å². The highest BCUT2D eigenvalue weighted by molar-refractivity contribution is 6.99. The monoisotopic (exact) mass is 677 g/mol. The number of likely N-dealkylation sites (tertiary alicyclic amines) is 1. The summed E-state index contributed by atoms with van der Waals surface area (Å²) in [5.41, 5.74) is -0.575. The average Bonchev–Trinajstić information content (AvgIpc) is 3.04. The molecule has 1 saturated carbocycles. The van der Waals surface area contributed by atoms with Crippen molar-refractivity contribution in [3.8, 4) is 0 Å². The molecule has 0 aromatic heterocycles. The molecular formula is C41H63NO5Si. The van der Waals surface area contributed by atoms with Crippen molar-refractivity contribution in [3.05, 3.63) is 72.8 Å². The van der Waals surface area contributed by atoms with Gasteiger partial charge in [-0.3, -0.25) is 4.90 Å². The third kappa shape index (κ3) is 9.20. The third-order valence-corrected chi connectivity index (χ3v) is 15.5. The van der Waals surface area contributed by atoms with Crippen molar-refractivity contribution in [2.45, 2.75) is 142 Å². The number of piperidine rings is 1. The van der Waals surface area contributed by atoms with Crippen LogP contribution in [0, 0.1) is 11.8 Å². The molecule has 2 fully saturated rings. The normalized spacial score (nSPS) is 24.4. The smallest absolute Gasteiger partial charge is 0.410 e. The van der Waals surface area contributed by atoms with Crippen LogP contribution in [-0.4, -0.2) is 63.1 Å². The lowest BCUT2D eigenvalue weighted by atomic mass is 9.68. The fraction of sp³-hybridized carbons (Fsp3) is 0.634. The van der Waals surface area contributed by atoms with Gasteiger partial charge in [0.2, 0.25) is 0 Å². The van der Waals surface area contributed by atoms with E-state index in [-0.39, 0.29) is 35.4 Å². The second-order valence-electron chi connectivity index (χ2n) is 16.0. The molecule has 2 aliphatic rings. The molecule has 0 spiro atoms. The standard InChI is InChI=1S/C41H63NO5Si/c1-10-20-33(45-30-44-9)23-18-17-21-32-22-19-28-37-36(32)29-38(31(2)42(37)39(43)46-40(3,4)5)47-48(41(6,7)8,34-24-13-11-14-25-34)35-26-15-12-16-27-35/h11-18,24-27,31-33,36-38H,10,19-23,28-30H2,1-9H3/b18-17+/t31-,32+,33-,36+,37-,38-/m0/s1. The topological polar surface area (TPSA) is 57.2 Å². The lowest BCUT2D eigenvalue weighted by Gasteiger charge is -2.55. The molecule has 6 nitrogen and oxygen atoms in total. The van der Waals surface area contributed by atoms with Crippen LogP contribution in [0.25, 0.3) is 0 Å². The van der Waals surface area contributed by atoms with Crippen LogP contribution in [0.5, 0.6) is 0 Å². The number of carbonyl (C=O) groups excluding carboxylic acids is 1. The van der Waals surface area contributed by atoms with Gasteiger partial charge in [-0.25, -0.2) is 4.79 Å². The molecule has 0 bridgehead atoms. The lowest BCUT2D eigenvalue weighted by molar-refractivity contribution is -0.0759. The Morgan fingerprint density at radius 3 is 2.12 bits per heavy atom. The van der Waals surface area contributed by atoms with E-state index in [1.807, 2.05) is 20.8 Å². The van der Waals surface area contributed by atoms with Gasteiger partial charge in [-0.1, -0.05) is 113 Å². The quantitative estimate of drug-likeness (QED) is 0.120. The Morgan fingerprint density at radius 1 is 0.958 bits per heavy atom. The summed E-state index contributed by atoms with van der Waals surface area (Å²) in [4.78, 5) is 16.2. The van der Waals surface area contributed by atoms with Gasteiger partial charge in [-0.05, 0) is 93.5 Å². The number of methoxy groups -OCH3 is 1. The number of ether oxygens (including phenoxy) is 3. The Balaban J connectivity index is 1.71. The van der Waals surface area contributed by atoms with Gasteiger partial charge in [0.05, 0.1) is 18.2 Å². The highest BCUT2D eigenvalue weighted by Gasteiger charge is 2.55. The van der Waals surface area contributed by atoms with Crippen molar-refractivity contribution in [1.29, 1.82) is 0 Å². The van der Waals surface area contributed by atoms with Crippen molar-refractivity contribution in [3.63, 3.8) is 0 Å². The summed E-state index contributed by atoms with van der Waals surface area (Å²) in [6.07, 6.45) is 12.7. The van der Waals surface area contributed by atoms with E-state index in [2.05, 4.69) is 112 Å². The van der Waals surface area contributed by atoms with Crippen molar-refractivity contribution < 1.29 is 23.4 Å². The minimum absolute atomic E-state index is 0.121. The van der Waals surface area contributed by atoms with Crippen LogP contribution in [-0.2, 0) is 18.6 Å². The highest BCUT2D eigenvalue weighted by atomic mass is 28.4. The fourth-order valence-electron chi connectivity index (χ4n) is 8.22. The first-order valence-corrected chi connectivity index (χ1v) is 20.3. The van der Waals surface area contributed by atoms with Crippen molar-refractivity contribution >= 4 is 24.8 Å². The molecule has 0 radical (unpaired) electrons. The van der Waals surface area contributed by atoms with E-state index in [1.165, 1.54) is 10.4 Å². The molecule has 7 heteroatoms. The Morgan fingerprint density at radius 2 is 1.58 bits per heavy atom. The molecule has 4 rings (SSSR count). The summed E-state index contributed by atoms with van der Waals surface area (Å²) in [6, 6.07) is 21.7. The molecule has 1 heterocycles. The third-order valence-electron chi connectivity index (χ3n) is 10.4. The molecule has 1 aliphatic carbocycles. The minimum atomic E-state index is -2.85. The number of hydrogen-bond donors (Lipinski definition) is 0. The summed E-state index contributed by atoms with van der Waals surface area (Å²) in [7, 11) is -1.17. The molecular weight excluding hydrogens is 615 g/mol. The molecule has 1 saturated heterocycles. The first-order chi connectivity index (χ1) is 22.8. The van der Waals surface area contributed by atoms with Crippen molar-refractivity contribution in [2.24, 2.45) is 11.8 Å². The van der Waals surface area contributed by atoms with Gasteiger partial charge >= 0.3 is 6.09 Å². The molecule has 6 atom stereocenters. The highest BCUT2D eigenvalue weighted by Crippen LogP contribution is 2.46. The zero-order chi connectivity index (χ0) is 35.0. The molecule has 2 aromatic rings. The number of amides is 1. The lowest BCUT2D eigenvalue weighted by Crippen LogP contribution is -2.71. The number of rotatable bonds is 13. The first kappa shape index (κ1) is 38.4. The molecule has 48 heavy (non-hydrogen) atoms. The summed E-state index contributed by atoms with van der Waals surface area (Å²) in [5.74, 6) is 0.790. The fourth-order valence-corrected chi connectivity index (χ4v) is 13.0. The Hall–Kier alpha value is -2.45.